The van der Waals surface area contributed by atoms with Crippen molar-refractivity contribution in [1.29, 1.82) is 0 Å². The van der Waals surface area contributed by atoms with Gasteiger partial charge in [0.05, 0.1) is 35.2 Å². The molecular formula is C27H32F3N5O6S. The maximum Gasteiger partial charge on any atom is 0.416 e. The van der Waals surface area contributed by atoms with E-state index in [4.69, 9.17) is 9.84 Å². The number of aromatic nitrogens is 1. The van der Waals surface area contributed by atoms with Gasteiger partial charge in [0.1, 0.15) is 11.6 Å². The Morgan fingerprint density at radius 2 is 1.81 bits per heavy atom. The molecule has 0 unspecified atom stereocenters. The van der Waals surface area contributed by atoms with E-state index in [2.05, 4.69) is 15.0 Å². The lowest BCUT2D eigenvalue weighted by atomic mass is 9.93. The number of ether oxygens (including phenoxy) is 1. The highest BCUT2D eigenvalue weighted by molar-refractivity contribution is 7.93. The van der Waals surface area contributed by atoms with Crippen molar-refractivity contribution in [2.45, 2.75) is 44.9 Å². The number of morpholine rings is 1. The maximum absolute atomic E-state index is 13.8. The number of piperidine rings is 1. The highest BCUT2D eigenvalue weighted by Crippen LogP contribution is 2.54. The SMILES string of the molecule is C[C@@H]1CN(c2cc(C(F)(F)F)cc(NC(=O)c3ccc(NS(=O)(=O)CC(=O)O)cc3N3CCC4(CC3)CC4)n2)CCO1. The van der Waals surface area contributed by atoms with Crippen LogP contribution in [0.25, 0.3) is 0 Å². The summed E-state index contributed by atoms with van der Waals surface area (Å²) in [5.74, 6) is -3.60. The average Bonchev–Trinajstić information content (AvgIpc) is 3.66. The standard InChI is InChI=1S/C27H32F3N5O6S/c1-17-15-35(10-11-41-17)23-13-18(27(28,29)30)12-22(31-23)32-25(38)20-3-2-19(33-42(39,40)16-24(36)37)14-21(20)34-8-6-26(4-5-26)7-9-34/h2-3,12-14,17,33H,4-11,15-16H2,1H3,(H,36,37)(H,31,32,38)/t17-/m1/s1. The highest BCUT2D eigenvalue weighted by Gasteiger charge is 2.44. The van der Waals surface area contributed by atoms with Gasteiger partial charge in [-0.3, -0.25) is 14.3 Å². The molecule has 1 aromatic carbocycles. The number of pyridine rings is 1. The molecule has 2 aliphatic heterocycles. The minimum absolute atomic E-state index is 0.0597. The van der Waals surface area contributed by atoms with Crippen LogP contribution in [0.1, 0.15) is 48.5 Å². The average molecular weight is 612 g/mol. The van der Waals surface area contributed by atoms with Gasteiger partial charge in [-0.05, 0) is 68.4 Å². The fourth-order valence-electron chi connectivity index (χ4n) is 5.44. The molecule has 1 saturated carbocycles. The molecule has 1 aliphatic carbocycles. The Bertz CT molecular complexity index is 1470. The van der Waals surface area contributed by atoms with Crippen LogP contribution in [0.5, 0.6) is 0 Å². The molecule has 3 aliphatic rings. The van der Waals surface area contributed by atoms with Crippen LogP contribution in [0, 0.1) is 5.41 Å². The summed E-state index contributed by atoms with van der Waals surface area (Å²) >= 11 is 0. The van der Waals surface area contributed by atoms with Crippen LogP contribution in [-0.4, -0.2) is 75.0 Å². The molecule has 3 fully saturated rings. The Morgan fingerprint density at radius 1 is 1.10 bits per heavy atom. The molecule has 1 aromatic heterocycles. The first-order chi connectivity index (χ1) is 19.7. The zero-order chi connectivity index (χ0) is 30.3. The number of benzene rings is 1. The topological polar surface area (TPSA) is 141 Å². The van der Waals surface area contributed by atoms with Crippen molar-refractivity contribution in [2.24, 2.45) is 5.41 Å². The zero-order valence-electron chi connectivity index (χ0n) is 22.9. The lowest BCUT2D eigenvalue weighted by Gasteiger charge is -2.35. The molecule has 1 amide bonds. The number of halogens is 3. The summed E-state index contributed by atoms with van der Waals surface area (Å²) < 4.78 is 73.6. The van der Waals surface area contributed by atoms with Crippen molar-refractivity contribution in [1.82, 2.24) is 4.98 Å². The predicted molar refractivity (Wildman–Crippen MR) is 149 cm³/mol. The van der Waals surface area contributed by atoms with Gasteiger partial charge in [0.25, 0.3) is 5.91 Å². The van der Waals surface area contributed by atoms with Crippen LogP contribution >= 0.6 is 0 Å². The third-order valence-corrected chi connectivity index (χ3v) is 9.07. The fourth-order valence-corrected chi connectivity index (χ4v) is 6.32. The van der Waals surface area contributed by atoms with Gasteiger partial charge < -0.3 is 25.0 Å². The quantitative estimate of drug-likeness (QED) is 0.407. The van der Waals surface area contributed by atoms with Gasteiger partial charge in [-0.1, -0.05) is 0 Å². The molecule has 15 heteroatoms. The van der Waals surface area contributed by atoms with E-state index in [1.807, 2.05) is 4.90 Å². The Kier molecular flexibility index (Phi) is 8.00. The number of carbonyl (C=O) groups is 2. The second-order valence-corrected chi connectivity index (χ2v) is 12.9. The number of amides is 1. The molecule has 5 rings (SSSR count). The van der Waals surface area contributed by atoms with Gasteiger partial charge in [0.2, 0.25) is 10.0 Å². The third kappa shape index (κ3) is 7.06. The summed E-state index contributed by atoms with van der Waals surface area (Å²) in [7, 11) is -4.21. The number of rotatable bonds is 8. The van der Waals surface area contributed by atoms with Crippen LogP contribution in [0.2, 0.25) is 0 Å². The minimum atomic E-state index is -4.68. The lowest BCUT2D eigenvalue weighted by Crippen LogP contribution is -2.41. The number of nitrogens with zero attached hydrogens (tertiary/aromatic N) is 3. The van der Waals surface area contributed by atoms with E-state index >= 15 is 0 Å². The van der Waals surface area contributed by atoms with E-state index in [9.17, 15) is 31.2 Å². The summed E-state index contributed by atoms with van der Waals surface area (Å²) in [6, 6.07) is 5.84. The second-order valence-electron chi connectivity index (χ2n) is 11.2. The molecule has 1 atom stereocenters. The molecule has 3 heterocycles. The monoisotopic (exact) mass is 611 g/mol. The normalized spacial score (nSPS) is 20.3. The van der Waals surface area contributed by atoms with E-state index in [0.717, 1.165) is 37.8 Å². The predicted octanol–water partition coefficient (Wildman–Crippen LogP) is 3.78. The van der Waals surface area contributed by atoms with E-state index in [-0.39, 0.29) is 29.0 Å². The zero-order valence-corrected chi connectivity index (χ0v) is 23.7. The Hall–Kier alpha value is -3.59. The first-order valence-electron chi connectivity index (χ1n) is 13.6. The van der Waals surface area contributed by atoms with Crippen LogP contribution in [0.15, 0.2) is 30.3 Å². The Labute approximate surface area is 241 Å². The molecule has 1 spiro atoms. The number of carbonyl (C=O) groups excluding carboxylic acids is 1. The number of carboxylic acids is 1. The number of alkyl halides is 3. The molecule has 2 saturated heterocycles. The van der Waals surface area contributed by atoms with Crippen LogP contribution in [0.3, 0.4) is 0 Å². The van der Waals surface area contributed by atoms with Crippen molar-refractivity contribution in [3.05, 3.63) is 41.5 Å². The number of hydrogen-bond donors (Lipinski definition) is 3. The molecule has 3 N–H and O–H groups in total. The van der Waals surface area contributed by atoms with Crippen LogP contribution < -0.4 is 19.8 Å². The smallest absolute Gasteiger partial charge is 0.416 e. The molecule has 0 radical (unpaired) electrons. The first-order valence-corrected chi connectivity index (χ1v) is 15.3. The van der Waals surface area contributed by atoms with Gasteiger partial charge in [-0.2, -0.15) is 13.2 Å². The molecule has 0 bridgehead atoms. The van der Waals surface area contributed by atoms with E-state index < -0.39 is 39.4 Å². The van der Waals surface area contributed by atoms with Gasteiger partial charge in [-0.15, -0.1) is 0 Å². The second kappa shape index (κ2) is 11.2. The summed E-state index contributed by atoms with van der Waals surface area (Å²) in [5, 5.41) is 11.4. The van der Waals surface area contributed by atoms with Crippen molar-refractivity contribution < 1.29 is 41.0 Å². The van der Waals surface area contributed by atoms with Crippen molar-refractivity contribution in [3.8, 4) is 0 Å². The maximum atomic E-state index is 13.8. The van der Waals surface area contributed by atoms with E-state index in [1.165, 1.54) is 18.2 Å². The Morgan fingerprint density at radius 3 is 2.43 bits per heavy atom. The number of anilines is 4. The molecule has 42 heavy (non-hydrogen) atoms. The van der Waals surface area contributed by atoms with Crippen LogP contribution in [-0.2, 0) is 25.7 Å². The van der Waals surface area contributed by atoms with Crippen molar-refractivity contribution >= 4 is 44.9 Å². The minimum Gasteiger partial charge on any atom is -0.480 e. The van der Waals surface area contributed by atoms with Crippen molar-refractivity contribution in [2.75, 3.05) is 58.4 Å². The summed E-state index contributed by atoms with van der Waals surface area (Å²) in [4.78, 5) is 32.4. The highest BCUT2D eigenvalue weighted by atomic mass is 32.2. The number of aliphatic carboxylic acids is 1. The molecule has 228 valence electrons. The van der Waals surface area contributed by atoms with E-state index in [0.29, 0.717) is 43.9 Å². The third-order valence-electron chi connectivity index (χ3n) is 7.90. The lowest BCUT2D eigenvalue weighted by molar-refractivity contribution is -0.137. The first kappa shape index (κ1) is 29.9. The number of sulfonamides is 1. The van der Waals surface area contributed by atoms with Gasteiger partial charge in [-0.25, -0.2) is 13.4 Å². The van der Waals surface area contributed by atoms with Crippen LogP contribution in [0.4, 0.5) is 36.2 Å². The summed E-state index contributed by atoms with van der Waals surface area (Å²) in [5.41, 5.74) is -0.0995. The number of hydrogen-bond acceptors (Lipinski definition) is 8. The summed E-state index contributed by atoms with van der Waals surface area (Å²) in [6.07, 6.45) is -0.842. The summed E-state index contributed by atoms with van der Waals surface area (Å²) in [6.45, 7) is 4.01. The van der Waals surface area contributed by atoms with E-state index in [1.54, 1.807) is 11.8 Å². The van der Waals surface area contributed by atoms with Gasteiger partial charge in [0, 0.05) is 26.2 Å². The van der Waals surface area contributed by atoms with Crippen molar-refractivity contribution in [3.63, 3.8) is 0 Å². The number of nitrogens with one attached hydrogen (secondary N) is 2. The van der Waals surface area contributed by atoms with Gasteiger partial charge in [0.15, 0.2) is 5.75 Å². The molecule has 2 aromatic rings. The number of carboxylic acid groups (broad SMARTS) is 1. The largest absolute Gasteiger partial charge is 0.480 e. The molecular weight excluding hydrogens is 579 g/mol. The fraction of sp³-hybridized carbons (Fsp3) is 0.519. The van der Waals surface area contributed by atoms with Gasteiger partial charge >= 0.3 is 12.1 Å². The Balaban J connectivity index is 1.45. The molecule has 11 nitrogen and oxygen atoms in total.